The van der Waals surface area contributed by atoms with E-state index in [1.807, 2.05) is 60.9 Å². The maximum absolute atomic E-state index is 13.9. The number of fused-ring (bicyclic) bond motifs is 1. The Balaban J connectivity index is 1.91. The third-order valence-corrected chi connectivity index (χ3v) is 6.97. The summed E-state index contributed by atoms with van der Waals surface area (Å²) < 4.78 is 0. The molecule has 4 atom stereocenters. The summed E-state index contributed by atoms with van der Waals surface area (Å²) in [4.78, 5) is 39.1. The molecule has 182 valence electrons. The molecule has 0 spiro atoms. The van der Waals surface area contributed by atoms with Crippen LogP contribution in [0.5, 0.6) is 0 Å². The van der Waals surface area contributed by atoms with Crippen LogP contribution in [0.15, 0.2) is 54.6 Å². The van der Waals surface area contributed by atoms with Gasteiger partial charge in [0.25, 0.3) is 0 Å². The largest absolute Gasteiger partial charge is 0.480 e. The number of rotatable bonds is 12. The van der Waals surface area contributed by atoms with E-state index in [4.69, 9.17) is 5.73 Å². The van der Waals surface area contributed by atoms with Crippen LogP contribution in [0.1, 0.15) is 29.2 Å². The van der Waals surface area contributed by atoms with E-state index in [1.165, 1.54) is 11.8 Å². The molecule has 2 aromatic rings. The van der Waals surface area contributed by atoms with Gasteiger partial charge in [-0.05, 0) is 48.0 Å². The molecule has 34 heavy (non-hydrogen) atoms. The van der Waals surface area contributed by atoms with E-state index < -0.39 is 29.9 Å². The van der Waals surface area contributed by atoms with Gasteiger partial charge < -0.3 is 21.5 Å². The van der Waals surface area contributed by atoms with E-state index in [9.17, 15) is 19.5 Å². The van der Waals surface area contributed by atoms with E-state index in [2.05, 4.69) is 10.6 Å². The van der Waals surface area contributed by atoms with Crippen molar-refractivity contribution in [2.45, 2.75) is 31.3 Å². The number of aliphatic carboxylic acids is 1. The SMILES string of the molecule is CSCC[C@H](NC(=O)[C@@H]1Cc2ccccc2CC1C(=O)[C@@H](NCCN)c1ccccc1)C(=O)O. The predicted molar refractivity (Wildman–Crippen MR) is 135 cm³/mol. The number of nitrogens with two attached hydrogens (primary N) is 1. The van der Waals surface area contributed by atoms with Gasteiger partial charge in [-0.2, -0.15) is 11.8 Å². The fourth-order valence-corrected chi connectivity index (χ4v) is 5.00. The van der Waals surface area contributed by atoms with E-state index in [0.717, 1.165) is 16.7 Å². The molecule has 0 aromatic heterocycles. The van der Waals surface area contributed by atoms with E-state index in [-0.39, 0.29) is 11.7 Å². The molecule has 0 saturated carbocycles. The van der Waals surface area contributed by atoms with Crippen LogP contribution in [0.3, 0.4) is 0 Å². The quantitative estimate of drug-likeness (QED) is 0.365. The van der Waals surface area contributed by atoms with Gasteiger partial charge in [-0.15, -0.1) is 0 Å². The van der Waals surface area contributed by atoms with Crippen LogP contribution in [-0.2, 0) is 27.2 Å². The Morgan fingerprint density at radius 2 is 1.65 bits per heavy atom. The predicted octanol–water partition coefficient (Wildman–Crippen LogP) is 2.20. The van der Waals surface area contributed by atoms with Gasteiger partial charge in [0.15, 0.2) is 5.78 Å². The first kappa shape index (κ1) is 25.9. The second-order valence-electron chi connectivity index (χ2n) is 8.56. The average Bonchev–Trinajstić information content (AvgIpc) is 2.86. The summed E-state index contributed by atoms with van der Waals surface area (Å²) in [6.07, 6.45) is 3.05. The highest BCUT2D eigenvalue weighted by molar-refractivity contribution is 7.98. The molecule has 0 heterocycles. The van der Waals surface area contributed by atoms with Crippen LogP contribution in [0, 0.1) is 11.8 Å². The molecule has 2 aromatic carbocycles. The number of carbonyl (C=O) groups is 3. The first-order valence-corrected chi connectivity index (χ1v) is 13.0. The number of benzene rings is 2. The van der Waals surface area contributed by atoms with Crippen LogP contribution in [0.2, 0.25) is 0 Å². The number of carboxylic acids is 1. The third-order valence-electron chi connectivity index (χ3n) is 6.32. The summed E-state index contributed by atoms with van der Waals surface area (Å²) in [5, 5.41) is 15.6. The molecule has 0 radical (unpaired) electrons. The fraction of sp³-hybridized carbons (Fsp3) is 0.423. The van der Waals surface area contributed by atoms with Crippen LogP contribution in [-0.4, -0.2) is 53.9 Å². The molecule has 0 aliphatic heterocycles. The van der Waals surface area contributed by atoms with Gasteiger partial charge in [0.05, 0.1) is 12.0 Å². The summed E-state index contributed by atoms with van der Waals surface area (Å²) in [5.41, 5.74) is 8.59. The Morgan fingerprint density at radius 1 is 1.03 bits per heavy atom. The zero-order valence-electron chi connectivity index (χ0n) is 19.4. The summed E-state index contributed by atoms with van der Waals surface area (Å²) in [7, 11) is 0. The van der Waals surface area contributed by atoms with Crippen molar-refractivity contribution in [2.24, 2.45) is 17.6 Å². The molecule has 8 heteroatoms. The van der Waals surface area contributed by atoms with E-state index >= 15 is 0 Å². The molecule has 0 saturated heterocycles. The third kappa shape index (κ3) is 6.46. The summed E-state index contributed by atoms with van der Waals surface area (Å²) in [6.45, 7) is 0.838. The zero-order valence-corrected chi connectivity index (χ0v) is 20.2. The van der Waals surface area contributed by atoms with Gasteiger partial charge in [0.1, 0.15) is 6.04 Å². The minimum absolute atomic E-state index is 0.0784. The number of Topliss-reactive ketones (excluding diaryl/α,β-unsaturated/α-hetero) is 1. The summed E-state index contributed by atoms with van der Waals surface area (Å²) >= 11 is 1.53. The minimum Gasteiger partial charge on any atom is -0.480 e. The van der Waals surface area contributed by atoms with Gasteiger partial charge in [-0.1, -0.05) is 54.6 Å². The van der Waals surface area contributed by atoms with Crippen molar-refractivity contribution in [3.63, 3.8) is 0 Å². The number of carbonyl (C=O) groups excluding carboxylic acids is 2. The van der Waals surface area contributed by atoms with Crippen LogP contribution >= 0.6 is 11.8 Å². The Labute approximate surface area is 204 Å². The van der Waals surface area contributed by atoms with Crippen molar-refractivity contribution in [3.8, 4) is 0 Å². The van der Waals surface area contributed by atoms with Gasteiger partial charge >= 0.3 is 5.97 Å². The molecule has 1 amide bonds. The summed E-state index contributed by atoms with van der Waals surface area (Å²) in [5.74, 6) is -2.14. The Morgan fingerprint density at radius 3 is 2.24 bits per heavy atom. The van der Waals surface area contributed by atoms with Crippen LogP contribution < -0.4 is 16.4 Å². The van der Waals surface area contributed by atoms with Crippen molar-refractivity contribution < 1.29 is 19.5 Å². The number of carboxylic acid groups (broad SMARTS) is 1. The minimum atomic E-state index is -1.06. The van der Waals surface area contributed by atoms with Crippen molar-refractivity contribution in [1.29, 1.82) is 0 Å². The number of amides is 1. The highest BCUT2D eigenvalue weighted by atomic mass is 32.2. The number of ketones is 1. The molecule has 1 aliphatic rings. The molecule has 1 aliphatic carbocycles. The lowest BCUT2D eigenvalue weighted by Crippen LogP contribution is -2.50. The lowest BCUT2D eigenvalue weighted by Gasteiger charge is -2.34. The van der Waals surface area contributed by atoms with Crippen molar-refractivity contribution in [2.75, 3.05) is 25.1 Å². The summed E-state index contributed by atoms with van der Waals surface area (Å²) in [6, 6.07) is 15.7. The molecule has 3 rings (SSSR count). The molecule has 5 N–H and O–H groups in total. The van der Waals surface area contributed by atoms with Crippen molar-refractivity contribution in [3.05, 3.63) is 71.3 Å². The van der Waals surface area contributed by atoms with Gasteiger partial charge in [0, 0.05) is 19.0 Å². The van der Waals surface area contributed by atoms with E-state index in [1.54, 1.807) is 0 Å². The highest BCUT2D eigenvalue weighted by Gasteiger charge is 2.41. The Kier molecular flexibility index (Phi) is 9.68. The molecule has 0 fully saturated rings. The van der Waals surface area contributed by atoms with Crippen molar-refractivity contribution >= 4 is 29.4 Å². The molecule has 0 bridgehead atoms. The molecule has 7 nitrogen and oxygen atoms in total. The molecular formula is C26H33N3O4S. The second-order valence-corrected chi connectivity index (χ2v) is 9.55. The molecule has 1 unspecified atom stereocenters. The smallest absolute Gasteiger partial charge is 0.326 e. The van der Waals surface area contributed by atoms with Gasteiger partial charge in [-0.3, -0.25) is 9.59 Å². The number of hydrogen-bond donors (Lipinski definition) is 4. The molecular weight excluding hydrogens is 450 g/mol. The second kappa shape index (κ2) is 12.7. The topological polar surface area (TPSA) is 122 Å². The fourth-order valence-electron chi connectivity index (χ4n) is 4.53. The van der Waals surface area contributed by atoms with Gasteiger partial charge in [0.2, 0.25) is 5.91 Å². The van der Waals surface area contributed by atoms with Gasteiger partial charge in [-0.25, -0.2) is 4.79 Å². The lowest BCUT2D eigenvalue weighted by atomic mass is 9.71. The first-order valence-electron chi connectivity index (χ1n) is 11.6. The maximum Gasteiger partial charge on any atom is 0.326 e. The Bertz CT molecular complexity index is 985. The standard InChI is InChI=1S/C26H33N3O4S/c1-34-14-11-22(26(32)33)29-25(31)21-16-19-10-6-5-9-18(19)15-20(21)24(30)23(28-13-12-27)17-7-3-2-4-8-17/h2-10,20-23,28H,11-16,27H2,1H3,(H,29,31)(H,32,33)/t20?,21-,22+,23+/m1/s1. The highest BCUT2D eigenvalue weighted by Crippen LogP contribution is 2.34. The van der Waals surface area contributed by atoms with E-state index in [0.29, 0.717) is 38.1 Å². The Hall–Kier alpha value is -2.68. The lowest BCUT2D eigenvalue weighted by molar-refractivity contribution is -0.143. The average molecular weight is 484 g/mol. The number of nitrogens with one attached hydrogen (secondary N) is 2. The number of hydrogen-bond acceptors (Lipinski definition) is 6. The first-order chi connectivity index (χ1) is 16.5. The zero-order chi connectivity index (χ0) is 24.5. The number of thioether (sulfide) groups is 1. The normalized spacial score (nSPS) is 19.0. The van der Waals surface area contributed by atoms with Crippen LogP contribution in [0.25, 0.3) is 0 Å². The van der Waals surface area contributed by atoms with Crippen LogP contribution in [0.4, 0.5) is 0 Å². The maximum atomic E-state index is 13.9. The monoisotopic (exact) mass is 483 g/mol. The van der Waals surface area contributed by atoms with Crippen molar-refractivity contribution in [1.82, 2.24) is 10.6 Å².